The monoisotopic (exact) mass is 447 g/mol. The van der Waals surface area contributed by atoms with E-state index in [1.807, 2.05) is 6.07 Å². The topological polar surface area (TPSA) is 65.7 Å². The zero-order chi connectivity index (χ0) is 16.7. The Morgan fingerprint density at radius 2 is 2.17 bits per heavy atom. The second kappa shape index (κ2) is 10.7. The van der Waals surface area contributed by atoms with Crippen LogP contribution >= 0.6 is 24.0 Å². The van der Waals surface area contributed by atoms with E-state index >= 15 is 0 Å². The highest BCUT2D eigenvalue weighted by Gasteiger charge is 2.19. The molecule has 0 saturated carbocycles. The Kier molecular flexibility index (Phi) is 9.35. The summed E-state index contributed by atoms with van der Waals surface area (Å²) in [5.74, 6) is 1.65. The molecule has 1 aliphatic rings. The number of hydrogen-bond acceptors (Lipinski definition) is 4. The van der Waals surface area contributed by atoms with Gasteiger partial charge in [-0.2, -0.15) is 0 Å². The molecule has 136 valence electrons. The number of nitrogens with one attached hydrogen (secondary N) is 2. The predicted octanol–water partition coefficient (Wildman–Crippen LogP) is 2.56. The quantitative estimate of drug-likeness (QED) is 0.304. The normalized spacial score (nSPS) is 16.5. The van der Waals surface area contributed by atoms with Gasteiger partial charge in [-0.25, -0.2) is 0 Å². The molecule has 0 aliphatic carbocycles. The largest absolute Gasteiger partial charge is 0.359 e. The Morgan fingerprint density at radius 3 is 2.71 bits per heavy atom. The molecule has 0 radical (unpaired) electrons. The summed E-state index contributed by atoms with van der Waals surface area (Å²) in [5.41, 5.74) is 2.21. The molecule has 2 rings (SSSR count). The first kappa shape index (κ1) is 21.0. The van der Waals surface area contributed by atoms with Crippen molar-refractivity contribution < 1.29 is 4.52 Å². The van der Waals surface area contributed by atoms with Crippen molar-refractivity contribution in [3.63, 3.8) is 0 Å². The average molecular weight is 447 g/mol. The third kappa shape index (κ3) is 6.80. The highest BCUT2D eigenvalue weighted by atomic mass is 127. The van der Waals surface area contributed by atoms with E-state index in [2.05, 4.69) is 46.1 Å². The van der Waals surface area contributed by atoms with E-state index in [9.17, 15) is 0 Å². The van der Waals surface area contributed by atoms with Crippen molar-refractivity contribution in [2.75, 3.05) is 26.7 Å². The predicted molar refractivity (Wildman–Crippen MR) is 109 cm³/mol. The molecule has 0 unspecified atom stereocenters. The maximum Gasteiger partial charge on any atom is 0.191 e. The zero-order valence-corrected chi connectivity index (χ0v) is 17.3. The van der Waals surface area contributed by atoms with E-state index in [4.69, 9.17) is 4.52 Å². The van der Waals surface area contributed by atoms with Gasteiger partial charge in [-0.15, -0.1) is 24.0 Å². The lowest BCUT2D eigenvalue weighted by Crippen LogP contribution is -2.48. The summed E-state index contributed by atoms with van der Waals surface area (Å²) < 4.78 is 5.28. The maximum atomic E-state index is 5.28. The molecule has 0 amide bonds. The van der Waals surface area contributed by atoms with Crippen LogP contribution in [0.2, 0.25) is 0 Å². The Morgan fingerprint density at radius 1 is 1.46 bits per heavy atom. The fourth-order valence-corrected chi connectivity index (χ4v) is 2.78. The molecule has 6 nitrogen and oxygen atoms in total. The third-order valence-electron chi connectivity index (χ3n) is 4.05. The van der Waals surface area contributed by atoms with E-state index in [-0.39, 0.29) is 24.0 Å². The van der Waals surface area contributed by atoms with Crippen molar-refractivity contribution in [1.82, 2.24) is 20.7 Å². The van der Waals surface area contributed by atoms with Crippen LogP contribution in [0.5, 0.6) is 0 Å². The summed E-state index contributed by atoms with van der Waals surface area (Å²) >= 11 is 0. The van der Waals surface area contributed by atoms with Gasteiger partial charge in [-0.05, 0) is 26.2 Å². The first-order chi connectivity index (χ1) is 11.1. The molecule has 0 spiro atoms. The number of aliphatic imine (C=N–C) groups is 1. The molecular weight excluding hydrogens is 417 g/mol. The van der Waals surface area contributed by atoms with Gasteiger partial charge in [0, 0.05) is 38.8 Å². The number of guanidine groups is 1. The van der Waals surface area contributed by atoms with Gasteiger partial charge in [-0.1, -0.05) is 24.2 Å². The Labute approximate surface area is 162 Å². The summed E-state index contributed by atoms with van der Waals surface area (Å²) in [7, 11) is 1.80. The average Bonchev–Trinajstić information content (AvgIpc) is 3.00. The maximum absolute atomic E-state index is 5.28. The van der Waals surface area contributed by atoms with E-state index in [1.165, 1.54) is 5.57 Å². The van der Waals surface area contributed by atoms with Crippen LogP contribution < -0.4 is 10.6 Å². The highest BCUT2D eigenvalue weighted by molar-refractivity contribution is 14.0. The van der Waals surface area contributed by atoms with Crippen molar-refractivity contribution in [2.24, 2.45) is 4.99 Å². The fourth-order valence-electron chi connectivity index (χ4n) is 2.78. The number of rotatable bonds is 6. The second-order valence-electron chi connectivity index (χ2n) is 6.22. The van der Waals surface area contributed by atoms with Crippen LogP contribution in [0, 0.1) is 0 Å². The first-order valence-electron chi connectivity index (χ1n) is 8.39. The molecule has 2 N–H and O–H groups in total. The molecular formula is C17H30IN5O. The van der Waals surface area contributed by atoms with Crippen molar-refractivity contribution in [1.29, 1.82) is 0 Å². The summed E-state index contributed by atoms with van der Waals surface area (Å²) in [5, 5.41) is 10.8. The molecule has 1 aliphatic heterocycles. The number of nitrogens with zero attached hydrogens (tertiary/aromatic N) is 3. The zero-order valence-electron chi connectivity index (χ0n) is 15.0. The number of likely N-dealkylation sites (tertiary alicyclic amines) is 1. The van der Waals surface area contributed by atoms with Gasteiger partial charge >= 0.3 is 0 Å². The van der Waals surface area contributed by atoms with Crippen molar-refractivity contribution >= 4 is 29.9 Å². The van der Waals surface area contributed by atoms with Gasteiger partial charge < -0.3 is 15.2 Å². The van der Waals surface area contributed by atoms with Crippen LogP contribution in [-0.2, 0) is 13.0 Å². The summed E-state index contributed by atoms with van der Waals surface area (Å²) in [6.07, 6.45) is 3.13. The highest BCUT2D eigenvalue weighted by Crippen LogP contribution is 2.11. The molecule has 1 saturated heterocycles. The smallest absolute Gasteiger partial charge is 0.191 e. The molecule has 0 atom stereocenters. The Bertz CT molecular complexity index is 535. The second-order valence-corrected chi connectivity index (χ2v) is 6.22. The Hall–Kier alpha value is -1.09. The van der Waals surface area contributed by atoms with Crippen LogP contribution in [0.25, 0.3) is 0 Å². The van der Waals surface area contributed by atoms with Gasteiger partial charge in [0.25, 0.3) is 0 Å². The minimum atomic E-state index is 0. The molecule has 2 heterocycles. The lowest BCUT2D eigenvalue weighted by Gasteiger charge is -2.33. The van der Waals surface area contributed by atoms with Crippen molar-refractivity contribution in [3.8, 4) is 0 Å². The first-order valence-corrected chi connectivity index (χ1v) is 8.39. The van der Waals surface area contributed by atoms with Crippen molar-refractivity contribution in [3.05, 3.63) is 29.7 Å². The van der Waals surface area contributed by atoms with E-state index in [0.29, 0.717) is 12.6 Å². The lowest BCUT2D eigenvalue weighted by molar-refractivity contribution is 0.221. The summed E-state index contributed by atoms with van der Waals surface area (Å²) in [6.45, 7) is 11.9. The van der Waals surface area contributed by atoms with E-state index in [0.717, 1.165) is 56.3 Å². The van der Waals surface area contributed by atoms with E-state index in [1.54, 1.807) is 7.05 Å². The summed E-state index contributed by atoms with van der Waals surface area (Å²) in [6, 6.07) is 2.44. The standard InChI is InChI=1S/C17H29N5O.HI/c1-5-14-10-16(23-21-14)11-19-17(18-4)20-15-6-8-22(9-7-15)12-13(2)3;/h10,15H,2,5-9,11-12H2,1,3-4H3,(H2,18,19,20);1H. The molecule has 7 heteroatoms. The summed E-state index contributed by atoms with van der Waals surface area (Å²) in [4.78, 5) is 6.75. The molecule has 1 fully saturated rings. The SMILES string of the molecule is C=C(C)CN1CCC(NC(=NC)NCc2cc(CC)no2)CC1.I. The Balaban J connectivity index is 0.00000288. The number of hydrogen-bond donors (Lipinski definition) is 2. The number of halogens is 1. The number of aryl methyl sites for hydroxylation is 1. The van der Waals surface area contributed by atoms with Crippen LogP contribution in [0.3, 0.4) is 0 Å². The number of piperidine rings is 1. The minimum absolute atomic E-state index is 0. The van der Waals surface area contributed by atoms with Gasteiger partial charge in [-0.3, -0.25) is 9.89 Å². The molecule has 24 heavy (non-hydrogen) atoms. The lowest BCUT2D eigenvalue weighted by atomic mass is 10.0. The van der Waals surface area contributed by atoms with Crippen LogP contribution in [-0.4, -0.2) is 48.7 Å². The molecule has 0 aromatic carbocycles. The molecule has 1 aromatic heterocycles. The van der Waals surface area contributed by atoms with Crippen molar-refractivity contribution in [2.45, 2.75) is 45.7 Å². The van der Waals surface area contributed by atoms with Gasteiger partial charge in [0.15, 0.2) is 11.7 Å². The molecule has 0 bridgehead atoms. The van der Waals surface area contributed by atoms with Crippen LogP contribution in [0.15, 0.2) is 27.7 Å². The third-order valence-corrected chi connectivity index (χ3v) is 4.05. The molecule has 1 aromatic rings. The fraction of sp³-hybridized carbons (Fsp3) is 0.647. The minimum Gasteiger partial charge on any atom is -0.359 e. The number of aromatic nitrogens is 1. The van der Waals surface area contributed by atoms with Crippen LogP contribution in [0.4, 0.5) is 0 Å². The van der Waals surface area contributed by atoms with Crippen LogP contribution in [0.1, 0.15) is 38.1 Å². The van der Waals surface area contributed by atoms with E-state index < -0.39 is 0 Å². The van der Waals surface area contributed by atoms with Gasteiger partial charge in [0.1, 0.15) is 0 Å². The van der Waals surface area contributed by atoms with Gasteiger partial charge in [0.05, 0.1) is 12.2 Å². The van der Waals surface area contributed by atoms with Gasteiger partial charge in [0.2, 0.25) is 0 Å².